The van der Waals surface area contributed by atoms with Gasteiger partial charge in [0.2, 0.25) is 5.91 Å². The van der Waals surface area contributed by atoms with Gasteiger partial charge in [-0.15, -0.1) is 0 Å². The number of rotatable bonds is 3. The summed E-state index contributed by atoms with van der Waals surface area (Å²) in [5.41, 5.74) is 2.31. The summed E-state index contributed by atoms with van der Waals surface area (Å²) in [7, 11) is 0. The molecule has 0 aliphatic carbocycles. The lowest BCUT2D eigenvalue weighted by Gasteiger charge is -2.22. The Labute approximate surface area is 151 Å². The Bertz CT molecular complexity index is 865. The van der Waals surface area contributed by atoms with Crippen LogP contribution in [-0.4, -0.2) is 37.6 Å². The SMILES string of the molecule is Cc1ccccc1C(=O)N[C@@H]1CC(=O)N(c2ccc3c(c2)OCCO3)C1. The Morgan fingerprint density at radius 3 is 2.69 bits per heavy atom. The Balaban J connectivity index is 1.47. The van der Waals surface area contributed by atoms with Crippen LogP contribution in [0.2, 0.25) is 0 Å². The third kappa shape index (κ3) is 3.10. The molecule has 2 aliphatic heterocycles. The number of ether oxygens (including phenoxy) is 2. The molecule has 1 atom stereocenters. The fourth-order valence-corrected chi connectivity index (χ4v) is 3.34. The first-order chi connectivity index (χ1) is 12.6. The van der Waals surface area contributed by atoms with Crippen LogP contribution >= 0.6 is 0 Å². The van der Waals surface area contributed by atoms with Crippen molar-refractivity contribution in [3.63, 3.8) is 0 Å². The molecule has 1 saturated heterocycles. The van der Waals surface area contributed by atoms with Crippen LogP contribution in [0.15, 0.2) is 42.5 Å². The van der Waals surface area contributed by atoms with Crippen LogP contribution in [0.25, 0.3) is 0 Å². The summed E-state index contributed by atoms with van der Waals surface area (Å²) in [5.74, 6) is 1.17. The van der Waals surface area contributed by atoms with Crippen molar-refractivity contribution >= 4 is 17.5 Å². The zero-order valence-corrected chi connectivity index (χ0v) is 14.5. The second-order valence-corrected chi connectivity index (χ2v) is 6.52. The highest BCUT2D eigenvalue weighted by atomic mass is 16.6. The predicted octanol–water partition coefficient (Wildman–Crippen LogP) is 2.30. The molecular formula is C20H20N2O4. The molecule has 1 N–H and O–H groups in total. The van der Waals surface area contributed by atoms with Gasteiger partial charge in [0, 0.05) is 30.3 Å². The molecule has 0 unspecified atom stereocenters. The highest BCUT2D eigenvalue weighted by Gasteiger charge is 2.32. The molecule has 6 nitrogen and oxygen atoms in total. The number of hydrogen-bond donors (Lipinski definition) is 1. The van der Waals surface area contributed by atoms with Gasteiger partial charge in [0.15, 0.2) is 11.5 Å². The first kappa shape index (κ1) is 16.4. The van der Waals surface area contributed by atoms with Crippen molar-refractivity contribution in [1.82, 2.24) is 5.32 Å². The van der Waals surface area contributed by atoms with Crippen molar-refractivity contribution < 1.29 is 19.1 Å². The average molecular weight is 352 g/mol. The molecule has 0 radical (unpaired) electrons. The highest BCUT2D eigenvalue weighted by Crippen LogP contribution is 2.35. The van der Waals surface area contributed by atoms with Gasteiger partial charge in [0.1, 0.15) is 13.2 Å². The van der Waals surface area contributed by atoms with E-state index in [9.17, 15) is 9.59 Å². The monoisotopic (exact) mass is 352 g/mol. The number of carbonyl (C=O) groups is 2. The van der Waals surface area contributed by atoms with Crippen LogP contribution in [0.5, 0.6) is 11.5 Å². The Morgan fingerprint density at radius 2 is 1.88 bits per heavy atom. The van der Waals surface area contributed by atoms with Crippen LogP contribution in [0, 0.1) is 6.92 Å². The van der Waals surface area contributed by atoms with Gasteiger partial charge in [-0.2, -0.15) is 0 Å². The highest BCUT2D eigenvalue weighted by molar-refractivity contribution is 5.99. The van der Waals surface area contributed by atoms with Crippen molar-refractivity contribution in [2.75, 3.05) is 24.7 Å². The van der Waals surface area contributed by atoms with Crippen molar-refractivity contribution in [3.05, 3.63) is 53.6 Å². The van der Waals surface area contributed by atoms with Gasteiger partial charge in [0.05, 0.1) is 6.04 Å². The van der Waals surface area contributed by atoms with Crippen LogP contribution < -0.4 is 19.7 Å². The van der Waals surface area contributed by atoms with Gasteiger partial charge >= 0.3 is 0 Å². The lowest BCUT2D eigenvalue weighted by Crippen LogP contribution is -2.37. The topological polar surface area (TPSA) is 67.9 Å². The lowest BCUT2D eigenvalue weighted by molar-refractivity contribution is -0.117. The van der Waals surface area contributed by atoms with Crippen LogP contribution in [-0.2, 0) is 4.79 Å². The number of fused-ring (bicyclic) bond motifs is 1. The summed E-state index contributed by atoms with van der Waals surface area (Å²) < 4.78 is 11.1. The number of amides is 2. The van der Waals surface area contributed by atoms with E-state index < -0.39 is 0 Å². The fraction of sp³-hybridized carbons (Fsp3) is 0.300. The maximum Gasteiger partial charge on any atom is 0.251 e. The van der Waals surface area contributed by atoms with Gasteiger partial charge in [0.25, 0.3) is 5.91 Å². The molecule has 4 rings (SSSR count). The summed E-state index contributed by atoms with van der Waals surface area (Å²) in [5, 5.41) is 2.97. The van der Waals surface area contributed by atoms with E-state index >= 15 is 0 Å². The molecular weight excluding hydrogens is 332 g/mol. The van der Waals surface area contributed by atoms with Gasteiger partial charge in [-0.25, -0.2) is 0 Å². The molecule has 0 bridgehead atoms. The van der Waals surface area contributed by atoms with Gasteiger partial charge in [-0.05, 0) is 30.7 Å². The Kier molecular flexibility index (Phi) is 4.24. The molecule has 0 aromatic heterocycles. The second-order valence-electron chi connectivity index (χ2n) is 6.52. The fourth-order valence-electron chi connectivity index (χ4n) is 3.34. The summed E-state index contributed by atoms with van der Waals surface area (Å²) in [6.07, 6.45) is 0.284. The van der Waals surface area contributed by atoms with Crippen LogP contribution in [0.1, 0.15) is 22.3 Å². The number of benzene rings is 2. The zero-order chi connectivity index (χ0) is 18.1. The van der Waals surface area contributed by atoms with E-state index in [0.717, 1.165) is 11.3 Å². The standard InChI is InChI=1S/C20H20N2O4/c1-13-4-2-3-5-16(13)20(24)21-14-10-19(23)22(12-14)15-6-7-17-18(11-15)26-9-8-25-17/h2-7,11,14H,8-10,12H2,1H3,(H,21,24)/t14-/m1/s1. The first-order valence-electron chi connectivity index (χ1n) is 8.68. The molecule has 6 heteroatoms. The minimum absolute atomic E-state index is 0.0169. The summed E-state index contributed by atoms with van der Waals surface area (Å²) in [4.78, 5) is 26.6. The third-order valence-corrected chi connectivity index (χ3v) is 4.69. The maximum absolute atomic E-state index is 12.5. The van der Waals surface area contributed by atoms with E-state index in [1.54, 1.807) is 11.0 Å². The third-order valence-electron chi connectivity index (χ3n) is 4.69. The van der Waals surface area contributed by atoms with Crippen molar-refractivity contribution in [1.29, 1.82) is 0 Å². The molecule has 0 spiro atoms. The molecule has 2 aliphatic rings. The molecule has 2 amide bonds. The van der Waals surface area contributed by atoms with Gasteiger partial charge in [-0.3, -0.25) is 9.59 Å². The van der Waals surface area contributed by atoms with Crippen LogP contribution in [0.4, 0.5) is 5.69 Å². The van der Waals surface area contributed by atoms with Crippen molar-refractivity contribution in [3.8, 4) is 11.5 Å². The van der Waals surface area contributed by atoms with E-state index in [1.165, 1.54) is 0 Å². The number of hydrogen-bond acceptors (Lipinski definition) is 4. The number of carbonyl (C=O) groups excluding carboxylic acids is 2. The number of anilines is 1. The van der Waals surface area contributed by atoms with Crippen molar-refractivity contribution in [2.45, 2.75) is 19.4 Å². The minimum Gasteiger partial charge on any atom is -0.486 e. The first-order valence-corrected chi connectivity index (χ1v) is 8.68. The molecule has 2 aromatic rings. The molecule has 1 fully saturated rings. The summed E-state index contributed by atoms with van der Waals surface area (Å²) in [6, 6.07) is 12.7. The molecule has 26 heavy (non-hydrogen) atoms. The second kappa shape index (κ2) is 6.71. The summed E-state index contributed by atoms with van der Waals surface area (Å²) in [6.45, 7) is 3.37. The molecule has 2 aromatic carbocycles. The number of aryl methyl sites for hydroxylation is 1. The van der Waals surface area contributed by atoms with Crippen molar-refractivity contribution in [2.24, 2.45) is 0 Å². The van der Waals surface area contributed by atoms with E-state index in [4.69, 9.17) is 9.47 Å². The van der Waals surface area contributed by atoms with E-state index in [-0.39, 0.29) is 24.3 Å². The van der Waals surface area contributed by atoms with Gasteiger partial charge in [-0.1, -0.05) is 18.2 Å². The number of nitrogens with zero attached hydrogens (tertiary/aromatic N) is 1. The maximum atomic E-state index is 12.5. The zero-order valence-electron chi connectivity index (χ0n) is 14.5. The van der Waals surface area contributed by atoms with Crippen LogP contribution in [0.3, 0.4) is 0 Å². The largest absolute Gasteiger partial charge is 0.486 e. The van der Waals surface area contributed by atoms with E-state index in [0.29, 0.717) is 36.8 Å². The molecule has 2 heterocycles. The summed E-state index contributed by atoms with van der Waals surface area (Å²) >= 11 is 0. The minimum atomic E-state index is -0.220. The Morgan fingerprint density at radius 1 is 1.12 bits per heavy atom. The van der Waals surface area contributed by atoms with Gasteiger partial charge < -0.3 is 19.7 Å². The quantitative estimate of drug-likeness (QED) is 0.920. The van der Waals surface area contributed by atoms with E-state index in [1.807, 2.05) is 43.3 Å². The average Bonchev–Trinajstić information content (AvgIpc) is 3.01. The lowest BCUT2D eigenvalue weighted by atomic mass is 10.1. The molecule has 134 valence electrons. The smallest absolute Gasteiger partial charge is 0.251 e. The predicted molar refractivity (Wildman–Crippen MR) is 96.8 cm³/mol. The normalized spacial score (nSPS) is 18.7. The van der Waals surface area contributed by atoms with E-state index in [2.05, 4.69) is 5.32 Å². The molecule has 0 saturated carbocycles. The number of nitrogens with one attached hydrogen (secondary N) is 1. The Hall–Kier alpha value is -3.02.